The molecule has 0 saturated heterocycles. The van der Waals surface area contributed by atoms with E-state index in [0.717, 1.165) is 16.8 Å². The Morgan fingerprint density at radius 2 is 1.95 bits per heavy atom. The Morgan fingerprint density at radius 3 is 2.74 bits per heavy atom. The van der Waals surface area contributed by atoms with Gasteiger partial charge in [0.2, 0.25) is 5.82 Å². The van der Waals surface area contributed by atoms with E-state index in [9.17, 15) is 0 Å². The van der Waals surface area contributed by atoms with Crippen LogP contribution in [0.5, 0.6) is 0 Å². The summed E-state index contributed by atoms with van der Waals surface area (Å²) in [5, 5.41) is 4.47. The van der Waals surface area contributed by atoms with Crippen molar-refractivity contribution in [1.82, 2.24) is 15.1 Å². The minimum atomic E-state index is 0.467. The molecule has 19 heavy (non-hydrogen) atoms. The highest BCUT2D eigenvalue weighted by molar-refractivity contribution is 6.33. The van der Waals surface area contributed by atoms with Gasteiger partial charge in [-0.15, -0.1) is 0 Å². The third-order valence-corrected chi connectivity index (χ3v) is 2.98. The molecule has 2 aromatic heterocycles. The molecule has 5 heteroatoms. The van der Waals surface area contributed by atoms with Crippen LogP contribution in [0.15, 0.2) is 47.1 Å². The van der Waals surface area contributed by atoms with Gasteiger partial charge in [-0.3, -0.25) is 4.98 Å². The molecule has 3 aromatic rings. The summed E-state index contributed by atoms with van der Waals surface area (Å²) >= 11 is 6.10. The summed E-state index contributed by atoms with van der Waals surface area (Å²) in [6.45, 7) is 1.89. The van der Waals surface area contributed by atoms with Crippen LogP contribution in [0.1, 0.15) is 5.69 Å². The molecule has 0 saturated carbocycles. The van der Waals surface area contributed by atoms with E-state index >= 15 is 0 Å². The number of rotatable bonds is 2. The first-order valence-corrected chi connectivity index (χ1v) is 6.13. The zero-order chi connectivity index (χ0) is 13.2. The third-order valence-electron chi connectivity index (χ3n) is 2.68. The monoisotopic (exact) mass is 271 g/mol. The van der Waals surface area contributed by atoms with Gasteiger partial charge in [0.1, 0.15) is 0 Å². The molecule has 94 valence electrons. The maximum absolute atomic E-state index is 6.10. The van der Waals surface area contributed by atoms with Crippen LogP contribution in [-0.2, 0) is 0 Å². The zero-order valence-electron chi connectivity index (χ0n) is 10.2. The summed E-state index contributed by atoms with van der Waals surface area (Å²) in [6.07, 6.45) is 1.59. The summed E-state index contributed by atoms with van der Waals surface area (Å²) in [4.78, 5) is 8.47. The van der Waals surface area contributed by atoms with Gasteiger partial charge in [0.15, 0.2) is 0 Å². The quantitative estimate of drug-likeness (QED) is 0.712. The van der Waals surface area contributed by atoms with Crippen LogP contribution in [0.2, 0.25) is 5.02 Å². The van der Waals surface area contributed by atoms with Crippen LogP contribution in [0.4, 0.5) is 0 Å². The zero-order valence-corrected chi connectivity index (χ0v) is 10.9. The van der Waals surface area contributed by atoms with E-state index in [4.69, 9.17) is 16.1 Å². The third kappa shape index (κ3) is 2.35. The molecule has 0 unspecified atom stereocenters. The van der Waals surface area contributed by atoms with Gasteiger partial charge in [0, 0.05) is 23.0 Å². The SMILES string of the molecule is Cc1cc(-c2noc(-c3ccccc3)n2)c(Cl)cn1. The van der Waals surface area contributed by atoms with Crippen LogP contribution in [0.3, 0.4) is 0 Å². The van der Waals surface area contributed by atoms with Crippen molar-refractivity contribution in [1.29, 1.82) is 0 Å². The number of hydrogen-bond donors (Lipinski definition) is 0. The number of pyridine rings is 1. The van der Waals surface area contributed by atoms with Crippen molar-refractivity contribution in [2.75, 3.05) is 0 Å². The van der Waals surface area contributed by atoms with Crippen LogP contribution < -0.4 is 0 Å². The molecule has 0 aliphatic heterocycles. The second-order valence-corrected chi connectivity index (χ2v) is 4.50. The van der Waals surface area contributed by atoms with E-state index in [1.165, 1.54) is 0 Å². The number of benzene rings is 1. The van der Waals surface area contributed by atoms with Crippen molar-refractivity contribution in [2.24, 2.45) is 0 Å². The fraction of sp³-hybridized carbons (Fsp3) is 0.0714. The molecule has 2 heterocycles. The summed E-state index contributed by atoms with van der Waals surface area (Å²) in [7, 11) is 0. The first-order chi connectivity index (χ1) is 9.24. The molecule has 1 aromatic carbocycles. The topological polar surface area (TPSA) is 51.8 Å². The predicted octanol–water partition coefficient (Wildman–Crippen LogP) is 3.76. The highest BCUT2D eigenvalue weighted by Crippen LogP contribution is 2.27. The molecule has 0 bridgehead atoms. The molecule has 0 spiro atoms. The average Bonchev–Trinajstić information content (AvgIpc) is 2.92. The molecule has 0 fully saturated rings. The largest absolute Gasteiger partial charge is 0.334 e. The lowest BCUT2D eigenvalue weighted by Gasteiger charge is -1.98. The van der Waals surface area contributed by atoms with Gasteiger partial charge < -0.3 is 4.52 Å². The Hall–Kier alpha value is -2.20. The number of nitrogens with zero attached hydrogens (tertiary/aromatic N) is 3. The van der Waals surface area contributed by atoms with Crippen molar-refractivity contribution >= 4 is 11.6 Å². The molecule has 0 aliphatic rings. The molecular formula is C14H10ClN3O. The Balaban J connectivity index is 2.04. The lowest BCUT2D eigenvalue weighted by Crippen LogP contribution is -1.87. The smallest absolute Gasteiger partial charge is 0.258 e. The lowest BCUT2D eigenvalue weighted by molar-refractivity contribution is 0.432. The van der Waals surface area contributed by atoms with E-state index in [1.807, 2.05) is 43.3 Å². The fourth-order valence-corrected chi connectivity index (χ4v) is 1.93. The minimum Gasteiger partial charge on any atom is -0.334 e. The number of aryl methyl sites for hydroxylation is 1. The second kappa shape index (κ2) is 4.82. The second-order valence-electron chi connectivity index (χ2n) is 4.09. The highest BCUT2D eigenvalue weighted by Gasteiger charge is 2.13. The first kappa shape index (κ1) is 11.9. The predicted molar refractivity (Wildman–Crippen MR) is 72.7 cm³/mol. The van der Waals surface area contributed by atoms with E-state index in [2.05, 4.69) is 15.1 Å². The lowest BCUT2D eigenvalue weighted by atomic mass is 10.2. The summed E-state index contributed by atoms with van der Waals surface area (Å²) < 4.78 is 5.26. The van der Waals surface area contributed by atoms with E-state index in [1.54, 1.807) is 6.20 Å². The summed E-state index contributed by atoms with van der Waals surface area (Å²) in [6, 6.07) is 11.4. The summed E-state index contributed by atoms with van der Waals surface area (Å²) in [5.41, 5.74) is 2.45. The Kier molecular flexibility index (Phi) is 3.01. The highest BCUT2D eigenvalue weighted by atomic mass is 35.5. The maximum atomic E-state index is 6.10. The normalized spacial score (nSPS) is 10.6. The van der Waals surface area contributed by atoms with E-state index in [0.29, 0.717) is 16.7 Å². The molecule has 4 nitrogen and oxygen atoms in total. The van der Waals surface area contributed by atoms with Crippen LogP contribution >= 0.6 is 11.6 Å². The van der Waals surface area contributed by atoms with Gasteiger partial charge >= 0.3 is 0 Å². The number of halogens is 1. The summed E-state index contributed by atoms with van der Waals surface area (Å²) in [5.74, 6) is 0.940. The minimum absolute atomic E-state index is 0.467. The van der Waals surface area contributed by atoms with Crippen molar-refractivity contribution in [3.05, 3.63) is 53.3 Å². The molecular weight excluding hydrogens is 262 g/mol. The van der Waals surface area contributed by atoms with Gasteiger partial charge in [-0.1, -0.05) is 35.0 Å². The van der Waals surface area contributed by atoms with E-state index < -0.39 is 0 Å². The standard InChI is InChI=1S/C14H10ClN3O/c1-9-7-11(12(15)8-16-9)13-17-14(19-18-13)10-5-3-2-4-6-10/h2-8H,1H3. The van der Waals surface area contributed by atoms with Crippen molar-refractivity contribution in [3.8, 4) is 22.8 Å². The van der Waals surface area contributed by atoms with Crippen LogP contribution in [0, 0.1) is 6.92 Å². The molecule has 0 radical (unpaired) electrons. The molecule has 3 rings (SSSR count). The van der Waals surface area contributed by atoms with Crippen LogP contribution in [-0.4, -0.2) is 15.1 Å². The van der Waals surface area contributed by atoms with Crippen molar-refractivity contribution in [2.45, 2.75) is 6.92 Å². The van der Waals surface area contributed by atoms with Gasteiger partial charge in [-0.2, -0.15) is 4.98 Å². The van der Waals surface area contributed by atoms with Gasteiger partial charge in [-0.05, 0) is 25.1 Å². The molecule has 0 N–H and O–H groups in total. The van der Waals surface area contributed by atoms with E-state index in [-0.39, 0.29) is 0 Å². The Morgan fingerprint density at radius 1 is 1.16 bits per heavy atom. The fourth-order valence-electron chi connectivity index (χ4n) is 1.75. The van der Waals surface area contributed by atoms with Gasteiger partial charge in [0.25, 0.3) is 5.89 Å². The Bertz CT molecular complexity index is 710. The Labute approximate surface area is 115 Å². The van der Waals surface area contributed by atoms with Crippen molar-refractivity contribution in [3.63, 3.8) is 0 Å². The van der Waals surface area contributed by atoms with Crippen LogP contribution in [0.25, 0.3) is 22.8 Å². The maximum Gasteiger partial charge on any atom is 0.258 e. The number of hydrogen-bond acceptors (Lipinski definition) is 4. The molecule has 0 atom stereocenters. The molecule has 0 amide bonds. The average molecular weight is 272 g/mol. The van der Waals surface area contributed by atoms with Gasteiger partial charge in [0.05, 0.1) is 5.02 Å². The molecule has 0 aliphatic carbocycles. The van der Waals surface area contributed by atoms with Crippen molar-refractivity contribution < 1.29 is 4.52 Å². The first-order valence-electron chi connectivity index (χ1n) is 5.76. The van der Waals surface area contributed by atoms with Gasteiger partial charge in [-0.25, -0.2) is 0 Å². The number of aromatic nitrogens is 3.